The first-order valence-corrected chi connectivity index (χ1v) is 55.8. The van der Waals surface area contributed by atoms with Gasteiger partial charge in [-0.25, -0.2) is 49.3 Å². The van der Waals surface area contributed by atoms with Gasteiger partial charge in [0.15, 0.2) is 40.3 Å². The highest BCUT2D eigenvalue weighted by Crippen LogP contribution is 2.62. The van der Waals surface area contributed by atoms with Crippen LogP contribution >= 0.6 is 40.3 Å². The molecule has 12 unspecified atom stereocenters. The Hall–Kier alpha value is -6.25. The molecule has 0 spiro atoms. The lowest BCUT2D eigenvalue weighted by atomic mass is 9.94. The molecule has 9 aromatic rings. The highest BCUT2D eigenvalue weighted by Gasteiger charge is 2.69. The molecule has 726 valence electrons. The number of imidazole rings is 3. The van der Waals surface area contributed by atoms with Gasteiger partial charge in [-0.15, -0.1) is 0 Å². The van der Waals surface area contributed by atoms with Gasteiger partial charge in [-0.05, 0) is 98.5 Å². The number of rotatable bonds is 35. The van der Waals surface area contributed by atoms with Crippen molar-refractivity contribution in [3.63, 3.8) is 0 Å². The van der Waals surface area contributed by atoms with Gasteiger partial charge in [-0.1, -0.05) is 27.7 Å². The number of aromatic amines is 3. The van der Waals surface area contributed by atoms with Crippen molar-refractivity contribution in [2.75, 3.05) is 69.7 Å². The number of hydrogen-bond donors (Lipinski definition) is 14. The van der Waals surface area contributed by atoms with Gasteiger partial charge in [-0.2, -0.15) is 9.97 Å². The van der Waals surface area contributed by atoms with E-state index >= 15 is 0 Å². The van der Waals surface area contributed by atoms with Gasteiger partial charge >= 0.3 is 57.4 Å². The summed E-state index contributed by atoms with van der Waals surface area (Å²) in [6.07, 6.45) is -15.0. The molecule has 7 aliphatic rings. The van der Waals surface area contributed by atoms with E-state index in [4.69, 9.17) is 181 Å². The molecule has 18 N–H and O–H groups in total. The lowest BCUT2D eigenvalue weighted by Crippen LogP contribution is -2.50. The van der Waals surface area contributed by atoms with Crippen molar-refractivity contribution >= 4 is 168 Å². The van der Waals surface area contributed by atoms with Crippen LogP contribution in [0, 0.1) is 44.4 Å². The minimum atomic E-state index is -4.86. The summed E-state index contributed by atoms with van der Waals surface area (Å²) in [7, 11) is 1.11. The van der Waals surface area contributed by atoms with Gasteiger partial charge in [0, 0.05) is 72.5 Å². The van der Waals surface area contributed by atoms with Crippen molar-refractivity contribution in [3.8, 4) is 0 Å². The van der Waals surface area contributed by atoms with Gasteiger partial charge in [0.25, 0.3) is 16.7 Å². The normalized spacial score (nSPS) is 32.7. The van der Waals surface area contributed by atoms with Crippen molar-refractivity contribution < 1.29 is 122 Å². The number of aliphatic hydroxyl groups excluding tert-OH is 1. The average Bonchev–Trinajstić information content (AvgIpc) is 1.54. The number of nitrogens with zero attached hydrogens (tertiary/aromatic N) is 15. The number of aryl methyl sites for hydroxylation is 3. The topological polar surface area (TPSA) is 716 Å². The molecule has 66 heteroatoms. The summed E-state index contributed by atoms with van der Waals surface area (Å²) in [6.45, 7) is -19.4. The quantitative estimate of drug-likeness (QED) is 0.0236. The van der Waals surface area contributed by atoms with Crippen LogP contribution < -0.4 is 56.7 Å². The van der Waals surface area contributed by atoms with Crippen molar-refractivity contribution in [2.24, 2.45) is 23.7 Å². The second kappa shape index (κ2) is 38.4. The Bertz CT molecular complexity index is 6680. The number of fused-ring (bicyclic) bond motifs is 5. The summed E-state index contributed by atoms with van der Waals surface area (Å²) in [5.41, 5.74) is 18.7. The minimum Gasteiger partial charge on any atom is -0.394 e. The van der Waals surface area contributed by atoms with Gasteiger partial charge in [-0.3, -0.25) is 61.3 Å². The highest BCUT2D eigenvalue weighted by atomic mass is 32.5. The van der Waals surface area contributed by atoms with E-state index in [0.717, 1.165) is 27.1 Å². The number of hydrogen-bond acceptors (Lipinski definition) is 45. The Labute approximate surface area is 779 Å². The molecule has 30 atom stereocenters. The van der Waals surface area contributed by atoms with Crippen molar-refractivity contribution in [3.05, 3.63) is 129 Å². The Morgan fingerprint density at radius 2 is 0.872 bits per heavy atom. The predicted molar refractivity (Wildman–Crippen MR) is 482 cm³/mol. The van der Waals surface area contributed by atoms with Crippen molar-refractivity contribution in [1.82, 2.24) is 87.2 Å². The molecule has 54 nitrogen and oxygen atoms in total. The molecule has 7 saturated heterocycles. The number of anilines is 4. The molecule has 7 fully saturated rings. The van der Waals surface area contributed by atoms with Crippen molar-refractivity contribution in [2.45, 2.75) is 184 Å². The third kappa shape index (κ3) is 20.3. The summed E-state index contributed by atoms with van der Waals surface area (Å²) >= 11 is 33.9. The number of aromatic nitrogens is 18. The summed E-state index contributed by atoms with van der Waals surface area (Å²) in [6, 6.07) is 0. The van der Waals surface area contributed by atoms with E-state index in [1.165, 1.54) is 85.3 Å². The average molecular weight is 2090 g/mol. The highest BCUT2D eigenvalue weighted by molar-refractivity contribution is 8.08. The Balaban J connectivity index is 0.650. The van der Waals surface area contributed by atoms with E-state index in [1.54, 1.807) is 27.7 Å². The molecular formula is C67H90N22O32P6S6. The molecule has 0 aliphatic carbocycles. The Kier molecular flexibility index (Phi) is 28.8. The van der Waals surface area contributed by atoms with Crippen LogP contribution in [-0.2, 0) is 158 Å². The second-order valence-corrected chi connectivity index (χ2v) is 49.1. The summed E-state index contributed by atoms with van der Waals surface area (Å²) < 4.78 is 126. The van der Waals surface area contributed by atoms with Crippen LogP contribution in [0.15, 0.2) is 79.0 Å². The molecule has 0 saturated carbocycles. The maximum atomic E-state index is 13.8. The minimum absolute atomic E-state index is 0.0105. The van der Waals surface area contributed by atoms with E-state index in [1.807, 2.05) is 0 Å². The van der Waals surface area contributed by atoms with Crippen LogP contribution in [0.25, 0.3) is 33.5 Å². The second-order valence-electron chi connectivity index (χ2n) is 32.2. The molecule has 7 aliphatic heterocycles. The van der Waals surface area contributed by atoms with Crippen molar-refractivity contribution in [1.29, 1.82) is 0 Å². The van der Waals surface area contributed by atoms with E-state index in [-0.39, 0.29) is 74.4 Å². The number of aliphatic hydroxyl groups is 1. The van der Waals surface area contributed by atoms with Crippen LogP contribution in [0.3, 0.4) is 0 Å². The van der Waals surface area contributed by atoms with E-state index in [2.05, 4.69) is 59.8 Å². The molecule has 2 bridgehead atoms. The molecular weight excluding hydrogens is 2000 g/mol. The maximum Gasteiger partial charge on any atom is 0.351 e. The molecule has 0 radical (unpaired) electrons. The predicted octanol–water partition coefficient (Wildman–Crippen LogP) is 0.221. The number of ether oxygens (including phenoxy) is 7. The smallest absolute Gasteiger partial charge is 0.351 e. The number of nitrogens with two attached hydrogens (primary N) is 4. The summed E-state index contributed by atoms with van der Waals surface area (Å²) in [4.78, 5) is 196. The SMILES string of the molecule is COP(O)(=S)OC1C[C@H](n2cc(C)c(=O)[nH]c2=O)O[C@@H]1COP(O)(=S)OC1[C@@H](COP(O)(=S)OC2[C@@H](COP(O)(=S)OC3[C@@H]4O[C@@H](C)[C@]3(COP(O)(=S)OC3[C@@H](COP(O)(=S)OC5[C@@H](CO)O[C@@H](n6cc(C)c(N)nc6=O)[C@H]5C)O[C@@H](n5cnc6c(=O)[nH]c(N)nc65)[C@H]3C)O[C@H]4n3cnc4c(N)ncnc43)O[C@@H](n3cc(C)c(=O)[nH]c3=O)[C@H]2C)O[C@@H](n2cnc3c(N)ncnc32)[C@H]1C. The molecule has 133 heavy (non-hydrogen) atoms. The van der Waals surface area contributed by atoms with Gasteiger partial charge < -0.3 is 140 Å². The Morgan fingerprint density at radius 1 is 0.451 bits per heavy atom. The third-order valence-electron chi connectivity index (χ3n) is 23.6. The first kappa shape index (κ1) is 99.8. The lowest BCUT2D eigenvalue weighted by Gasteiger charge is -2.37. The van der Waals surface area contributed by atoms with Crippen LogP contribution in [0.4, 0.5) is 23.4 Å². The first-order valence-electron chi connectivity index (χ1n) is 40.2. The molecule has 0 amide bonds. The van der Waals surface area contributed by atoms with Gasteiger partial charge in [0.2, 0.25) is 5.95 Å². The zero-order chi connectivity index (χ0) is 95.7. The van der Waals surface area contributed by atoms with Crippen LogP contribution in [0.2, 0.25) is 0 Å². The number of nitrogens with one attached hydrogen (secondary N) is 3. The first-order chi connectivity index (χ1) is 62.6. The zero-order valence-electron chi connectivity index (χ0n) is 70.8. The summed E-state index contributed by atoms with van der Waals surface area (Å²) in [5, 5.41) is 10.5. The number of nitrogen functional groups attached to an aromatic ring is 4. The van der Waals surface area contributed by atoms with E-state index in [0.29, 0.717) is 5.56 Å². The van der Waals surface area contributed by atoms with E-state index < -0.39 is 260 Å². The maximum absolute atomic E-state index is 13.8. The van der Waals surface area contributed by atoms with Crippen LogP contribution in [-0.4, -0.2) is 253 Å². The molecule has 9 aromatic heterocycles. The fourth-order valence-electron chi connectivity index (χ4n) is 16.9. The zero-order valence-corrected chi connectivity index (χ0v) is 81.1. The molecule has 16 rings (SSSR count). The van der Waals surface area contributed by atoms with Gasteiger partial charge in [0.05, 0.1) is 70.8 Å². The lowest BCUT2D eigenvalue weighted by molar-refractivity contribution is -0.214. The standard InChI is InChI=1S/C67H90N22O32P6S6/c1-25-11-85(64(94)79-49(25)68)58-28(4)43(34(14-90)111-58)117-124(99,130)105-17-38-46(31(7)61(114-38)89-24-78-42-54(89)80-63(71)81-57(42)93)120-127(102,133)108-19-67-32(8)109-47(62(115-67)88-23-77-41-51(70)73-21-75-53(41)88)48(67)121-126(101,132)107-18-36-44(29(5)59(112-36)86-13-27(3)56(92)83-66(86)96)118-125(100,131)106-16-37-45(30(6)60(113-37)87-22-76-40-50(69)72-20-74-52(40)87)119-123(98,129)104-15-35-33(116-122(97,128)103-9)10-39(110-35)84-12-26(2)55(91)82-65(84)95/h11-13,20-24,28-39,43-48,58-62,90H,10,14-19H2,1-9H3,(H,97,128)(H,98,129)(H,99,130)(H,100,131)(H,101,132)(H,102,133)(H2,68,79,94)(H2,69,72,74)(H2,70,73,75)(H,82,91,95)(H,83,92,96)(H3,71,80,81,93)/t28-,29-,30-,31-,32-,33?,34+,35+,36+,37+,38+,39+,43?,44?,45?,46?,47-,48?,58+,59+,60+,61+,62+,67-,122?,123?,124?,125?,126?,127?/m0/s1. The summed E-state index contributed by atoms with van der Waals surface area (Å²) in [5.74, 6) is -4.09. The molecule has 16 heterocycles. The van der Waals surface area contributed by atoms with E-state index in [9.17, 15) is 63.2 Å². The fraction of sp³-hybridized carbons (Fsp3) is 0.597. The van der Waals surface area contributed by atoms with Crippen LogP contribution in [0.5, 0.6) is 0 Å². The Morgan fingerprint density at radius 3 is 1.38 bits per heavy atom. The van der Waals surface area contributed by atoms with Crippen LogP contribution in [0.1, 0.15) is 95.1 Å². The fourth-order valence-corrected chi connectivity index (χ4v) is 25.4. The monoisotopic (exact) mass is 2090 g/mol. The molecule has 0 aromatic carbocycles. The third-order valence-corrected chi connectivity index (χ3v) is 33.1. The number of H-pyrrole nitrogens is 3. The van der Waals surface area contributed by atoms with Gasteiger partial charge in [0.1, 0.15) is 133 Å². The largest absolute Gasteiger partial charge is 0.394 e.